The quantitative estimate of drug-likeness (QED) is 0.228. The molecule has 0 aliphatic heterocycles. The van der Waals surface area contributed by atoms with E-state index in [1.807, 2.05) is 5.27 Å². The zero-order chi connectivity index (χ0) is 6.85. The maximum absolute atomic E-state index is 10.1. The van der Waals surface area contributed by atoms with Gasteiger partial charge >= 0.3 is 5.63 Å². The van der Waals surface area contributed by atoms with Crippen LogP contribution >= 0.6 is 0 Å². The predicted molar refractivity (Wildman–Crippen MR) is 22.6 cm³/mol. The molecule has 0 saturated heterocycles. The molecule has 1 aromatic rings. The molecule has 6 heteroatoms. The summed E-state index contributed by atoms with van der Waals surface area (Å²) < 4.78 is 4.69. The lowest BCUT2D eigenvalue weighted by molar-refractivity contribution is -0.680. The van der Waals surface area contributed by atoms with Crippen molar-refractivity contribution in [3.05, 3.63) is 16.6 Å². The molecule has 0 aromatic carbocycles. The first-order valence-electron chi connectivity index (χ1n) is 2.06. The van der Waals surface area contributed by atoms with Gasteiger partial charge in [0.05, 0.1) is 0 Å². The van der Waals surface area contributed by atoms with Crippen molar-refractivity contribution in [3.8, 4) is 0 Å². The molecule has 6 nitrogen and oxygen atoms in total. The topological polar surface area (TPSA) is 96.8 Å². The van der Waals surface area contributed by atoms with Crippen molar-refractivity contribution in [2.24, 2.45) is 0 Å². The van der Waals surface area contributed by atoms with Crippen LogP contribution in [0.4, 0.5) is 0 Å². The summed E-state index contributed by atoms with van der Waals surface area (Å²) in [4.78, 5) is 10.1. The molecule has 0 atom stereocenters. The van der Waals surface area contributed by atoms with Gasteiger partial charge in [-0.2, -0.15) is 0 Å². The van der Waals surface area contributed by atoms with Crippen LogP contribution in [0.3, 0.4) is 0 Å². The Balaban J connectivity index is 3.12. The number of rotatable bonds is 0. The van der Waals surface area contributed by atoms with Crippen molar-refractivity contribution in [2.45, 2.75) is 0 Å². The van der Waals surface area contributed by atoms with Gasteiger partial charge in [0.25, 0.3) is 6.02 Å². The Morgan fingerprint density at radius 2 is 2.67 bits per heavy atom. The molecule has 1 heterocycles. The zero-order valence-corrected chi connectivity index (χ0v) is 4.25. The van der Waals surface area contributed by atoms with E-state index in [1.165, 1.54) is 0 Å². The molecule has 0 fully saturated rings. The van der Waals surface area contributed by atoms with E-state index in [1.54, 1.807) is 0 Å². The van der Waals surface area contributed by atoms with Gasteiger partial charge in [0.2, 0.25) is 6.20 Å². The molecule has 48 valence electrons. The number of nitrogens with one attached hydrogen (secondary N) is 2. The number of aromatic nitrogens is 2. The second-order valence-corrected chi connectivity index (χ2v) is 1.32. The fourth-order valence-electron chi connectivity index (χ4n) is 0.352. The maximum atomic E-state index is 10.1. The third kappa shape index (κ3) is 0.958. The van der Waals surface area contributed by atoms with Crippen LogP contribution in [0.5, 0.6) is 0 Å². The molecule has 2 N–H and O–H groups in total. The second kappa shape index (κ2) is 1.73. The van der Waals surface area contributed by atoms with Crippen LogP contribution in [-0.4, -0.2) is 11.3 Å². The largest absolute Gasteiger partial charge is 0.806 e. The number of hydrogen-bond donors (Lipinski definition) is 2. The molecular formula is C3H3N3O3. The molecule has 0 unspecified atom stereocenters. The Morgan fingerprint density at radius 3 is 2.89 bits per heavy atom. The van der Waals surface area contributed by atoms with E-state index in [4.69, 9.17) is 5.41 Å². The zero-order valence-electron chi connectivity index (χ0n) is 4.25. The highest BCUT2D eigenvalue weighted by atomic mass is 16.5. The minimum absolute atomic E-state index is 0.627. The van der Waals surface area contributed by atoms with Gasteiger partial charge in [-0.1, -0.05) is 5.27 Å². The minimum atomic E-state index is -1.04. The number of aromatic amines is 1. The molecular weight excluding hydrogens is 126 g/mol. The summed E-state index contributed by atoms with van der Waals surface area (Å²) in [5.41, 5.74) is -0.685. The highest BCUT2D eigenvalue weighted by Gasteiger charge is 1.98. The molecule has 0 bridgehead atoms. The van der Waals surface area contributed by atoms with Gasteiger partial charge in [0.15, 0.2) is 0 Å². The standard InChI is InChI=1S/C3H3N3O3/c4-3(8)6-1-2(7)9-5-6/h1H,(H2-,4,5,7,8). The van der Waals surface area contributed by atoms with Crippen LogP contribution in [0.2, 0.25) is 0 Å². The molecule has 1 rings (SSSR count). The van der Waals surface area contributed by atoms with Gasteiger partial charge in [-0.3, -0.25) is 0 Å². The van der Waals surface area contributed by atoms with Crippen molar-refractivity contribution >= 4 is 6.02 Å². The SMILES string of the molecule is N=C([O-])[n+]1cc(=O)o[nH]1. The van der Waals surface area contributed by atoms with E-state index in [0.717, 1.165) is 6.20 Å². The van der Waals surface area contributed by atoms with Crippen LogP contribution in [-0.2, 0) is 0 Å². The molecule has 0 saturated carbocycles. The highest BCUT2D eigenvalue weighted by Crippen LogP contribution is 1.53. The predicted octanol–water partition coefficient (Wildman–Crippen LogP) is -2.60. The molecule has 1 aromatic heterocycles. The fraction of sp³-hybridized carbons (Fsp3) is 0. The van der Waals surface area contributed by atoms with Crippen LogP contribution in [0, 0.1) is 5.41 Å². The summed E-state index contributed by atoms with van der Waals surface area (Å²) in [5.74, 6) is 0. The van der Waals surface area contributed by atoms with Gasteiger partial charge in [-0.15, -0.1) is 10.1 Å². The van der Waals surface area contributed by atoms with Crippen molar-refractivity contribution < 1.29 is 14.3 Å². The molecule has 0 spiro atoms. The second-order valence-electron chi connectivity index (χ2n) is 1.32. The molecule has 0 aliphatic rings. The van der Waals surface area contributed by atoms with Crippen LogP contribution in [0.25, 0.3) is 0 Å². The van der Waals surface area contributed by atoms with Gasteiger partial charge in [-0.25, -0.2) is 4.79 Å². The van der Waals surface area contributed by atoms with E-state index in [-0.39, 0.29) is 0 Å². The summed E-state index contributed by atoms with van der Waals surface area (Å²) in [6.45, 7) is 0. The normalized spacial score (nSPS) is 9.33. The Hall–Kier alpha value is -1.59. The van der Waals surface area contributed by atoms with E-state index < -0.39 is 11.6 Å². The third-order valence-electron chi connectivity index (χ3n) is 0.698. The maximum Gasteiger partial charge on any atom is 0.400 e. The van der Waals surface area contributed by atoms with Crippen LogP contribution in [0.15, 0.2) is 15.5 Å². The first-order valence-corrected chi connectivity index (χ1v) is 2.06. The Labute approximate surface area is 48.8 Å². The summed E-state index contributed by atoms with van der Waals surface area (Å²) in [7, 11) is 0. The summed E-state index contributed by atoms with van der Waals surface area (Å²) >= 11 is 0. The van der Waals surface area contributed by atoms with Gasteiger partial charge in [0.1, 0.15) is 0 Å². The van der Waals surface area contributed by atoms with E-state index in [2.05, 4.69) is 4.52 Å². The molecule has 0 radical (unpaired) electrons. The average Bonchev–Trinajstić information content (AvgIpc) is 2.14. The lowest BCUT2D eigenvalue weighted by Crippen LogP contribution is -2.51. The Kier molecular flexibility index (Phi) is 1.07. The van der Waals surface area contributed by atoms with E-state index in [0.29, 0.717) is 4.68 Å². The smallest absolute Gasteiger partial charge is 0.400 e. The van der Waals surface area contributed by atoms with Crippen molar-refractivity contribution in [3.63, 3.8) is 0 Å². The first kappa shape index (κ1) is 5.54. The van der Waals surface area contributed by atoms with Crippen molar-refractivity contribution in [1.29, 1.82) is 5.41 Å². The molecule has 0 amide bonds. The number of H-pyrrole nitrogens is 1. The lowest BCUT2D eigenvalue weighted by Gasteiger charge is -1.90. The van der Waals surface area contributed by atoms with Gasteiger partial charge in [0, 0.05) is 0 Å². The van der Waals surface area contributed by atoms with E-state index in [9.17, 15) is 9.90 Å². The van der Waals surface area contributed by atoms with Gasteiger partial charge in [-0.05, 0) is 0 Å². The summed E-state index contributed by atoms with van der Waals surface area (Å²) in [6, 6.07) is -1.04. The van der Waals surface area contributed by atoms with Crippen molar-refractivity contribution in [1.82, 2.24) is 5.27 Å². The van der Waals surface area contributed by atoms with Crippen molar-refractivity contribution in [2.75, 3.05) is 0 Å². The molecule has 9 heavy (non-hydrogen) atoms. The molecule has 0 aliphatic carbocycles. The minimum Gasteiger partial charge on any atom is -0.806 e. The average molecular weight is 129 g/mol. The van der Waals surface area contributed by atoms with Crippen LogP contribution in [0.1, 0.15) is 0 Å². The first-order chi connectivity index (χ1) is 4.20. The fourth-order valence-corrected chi connectivity index (χ4v) is 0.352. The Bertz CT molecular complexity index is 272. The van der Waals surface area contributed by atoms with Crippen LogP contribution < -0.4 is 15.4 Å². The van der Waals surface area contributed by atoms with Gasteiger partial charge < -0.3 is 9.63 Å². The summed E-state index contributed by atoms with van der Waals surface area (Å²) in [5, 5.41) is 18.4. The lowest BCUT2D eigenvalue weighted by atomic mass is 10.9. The highest BCUT2D eigenvalue weighted by molar-refractivity contribution is 5.52. The monoisotopic (exact) mass is 129 g/mol. The van der Waals surface area contributed by atoms with E-state index >= 15 is 0 Å². The Morgan fingerprint density at radius 1 is 2.00 bits per heavy atom. The number of nitrogens with zero attached hydrogens (tertiary/aromatic N) is 1. The number of hydrogen-bond acceptors (Lipinski definition) is 4. The summed E-state index contributed by atoms with van der Waals surface area (Å²) in [6.07, 6.45) is 0.843. The third-order valence-corrected chi connectivity index (χ3v) is 0.698.